The second-order valence-electron chi connectivity index (χ2n) is 6.57. The van der Waals surface area contributed by atoms with Gasteiger partial charge in [0, 0.05) is 14.1 Å². The van der Waals surface area contributed by atoms with Crippen molar-refractivity contribution in [3.63, 3.8) is 0 Å². The van der Waals surface area contributed by atoms with E-state index in [2.05, 4.69) is 10.6 Å². The van der Waals surface area contributed by atoms with E-state index in [1.165, 1.54) is 12.0 Å². The molecule has 154 valence electrons. The van der Waals surface area contributed by atoms with Crippen molar-refractivity contribution in [1.29, 1.82) is 0 Å². The highest BCUT2D eigenvalue weighted by Gasteiger charge is 2.27. The van der Waals surface area contributed by atoms with E-state index >= 15 is 0 Å². The van der Waals surface area contributed by atoms with Gasteiger partial charge in [-0.15, -0.1) is 0 Å². The molecule has 1 aromatic rings. The van der Waals surface area contributed by atoms with E-state index < -0.39 is 30.4 Å². The molecule has 1 rings (SSSR count). The molecule has 2 N–H and O–H groups in total. The minimum absolute atomic E-state index is 0.193. The summed E-state index contributed by atoms with van der Waals surface area (Å²) in [4.78, 5) is 49.3. The zero-order valence-corrected chi connectivity index (χ0v) is 16.8. The van der Waals surface area contributed by atoms with Crippen LogP contribution in [-0.2, 0) is 19.1 Å². The van der Waals surface area contributed by atoms with Gasteiger partial charge in [-0.25, -0.2) is 4.79 Å². The predicted octanol–water partition coefficient (Wildman–Crippen LogP) is 0.197. The lowest BCUT2D eigenvalue weighted by Gasteiger charge is -2.21. The minimum Gasteiger partial charge on any atom is -0.496 e. The number of carbonyl (C=O) groups excluding carboxylic acids is 4. The van der Waals surface area contributed by atoms with Crippen molar-refractivity contribution in [3.8, 4) is 5.75 Å². The molecule has 9 nitrogen and oxygen atoms in total. The smallest absolute Gasteiger partial charge is 0.329 e. The van der Waals surface area contributed by atoms with E-state index in [-0.39, 0.29) is 23.9 Å². The number of methoxy groups -OCH3 is 1. The molecule has 0 bridgehead atoms. The van der Waals surface area contributed by atoms with E-state index in [1.807, 2.05) is 0 Å². The number of amides is 3. The Hall–Kier alpha value is -3.10. The average molecular weight is 393 g/mol. The molecule has 0 radical (unpaired) electrons. The summed E-state index contributed by atoms with van der Waals surface area (Å²) in [7, 11) is 4.57. The molecule has 1 atom stereocenters. The summed E-state index contributed by atoms with van der Waals surface area (Å²) < 4.78 is 10.1. The van der Waals surface area contributed by atoms with Gasteiger partial charge >= 0.3 is 5.97 Å². The number of nitrogens with zero attached hydrogens (tertiary/aromatic N) is 1. The van der Waals surface area contributed by atoms with Crippen molar-refractivity contribution in [3.05, 3.63) is 29.8 Å². The first kappa shape index (κ1) is 22.9. The van der Waals surface area contributed by atoms with Crippen LogP contribution >= 0.6 is 0 Å². The second kappa shape index (κ2) is 10.9. The summed E-state index contributed by atoms with van der Waals surface area (Å²) in [6, 6.07) is 5.67. The van der Waals surface area contributed by atoms with Crippen LogP contribution in [0.4, 0.5) is 0 Å². The van der Waals surface area contributed by atoms with E-state index in [4.69, 9.17) is 9.47 Å². The topological polar surface area (TPSA) is 114 Å². The molecule has 1 aromatic carbocycles. The number of ether oxygens (including phenoxy) is 2. The highest BCUT2D eigenvalue weighted by Crippen LogP contribution is 2.17. The summed E-state index contributed by atoms with van der Waals surface area (Å²) >= 11 is 0. The largest absolute Gasteiger partial charge is 0.496 e. The molecule has 0 aliphatic heterocycles. The van der Waals surface area contributed by atoms with Crippen LogP contribution in [0.25, 0.3) is 0 Å². The van der Waals surface area contributed by atoms with Gasteiger partial charge in [0.05, 0.1) is 19.2 Å². The number of para-hydroxylation sites is 1. The zero-order valence-electron chi connectivity index (χ0n) is 16.8. The molecule has 0 aliphatic rings. The Kier molecular flexibility index (Phi) is 8.94. The van der Waals surface area contributed by atoms with Crippen LogP contribution in [0.5, 0.6) is 5.75 Å². The molecule has 3 amide bonds. The molecule has 0 heterocycles. The summed E-state index contributed by atoms with van der Waals surface area (Å²) in [5, 5.41) is 4.97. The molecule has 28 heavy (non-hydrogen) atoms. The second-order valence-corrected chi connectivity index (χ2v) is 6.57. The summed E-state index contributed by atoms with van der Waals surface area (Å²) in [5.41, 5.74) is 0.281. The van der Waals surface area contributed by atoms with Crippen molar-refractivity contribution < 1.29 is 28.7 Å². The SMILES string of the molecule is COc1ccccc1C(=O)N[C@H](C(=O)OCC(=O)NCC(=O)N(C)C)C(C)C. The summed E-state index contributed by atoms with van der Waals surface area (Å²) in [5.74, 6) is -2.03. The number of esters is 1. The lowest BCUT2D eigenvalue weighted by Crippen LogP contribution is -2.46. The third-order valence-corrected chi connectivity index (χ3v) is 3.84. The van der Waals surface area contributed by atoms with Gasteiger partial charge in [-0.3, -0.25) is 14.4 Å². The van der Waals surface area contributed by atoms with Crippen LogP contribution in [0.1, 0.15) is 24.2 Å². The molecule has 0 saturated carbocycles. The summed E-state index contributed by atoms with van der Waals surface area (Å²) in [6.45, 7) is 2.74. The quantitative estimate of drug-likeness (QED) is 0.579. The Balaban J connectivity index is 2.65. The predicted molar refractivity (Wildman–Crippen MR) is 102 cm³/mol. The van der Waals surface area contributed by atoms with Crippen LogP contribution in [0.2, 0.25) is 0 Å². The average Bonchev–Trinajstić information content (AvgIpc) is 2.67. The molecular weight excluding hydrogens is 366 g/mol. The fourth-order valence-electron chi connectivity index (χ4n) is 2.16. The van der Waals surface area contributed by atoms with E-state index in [0.717, 1.165) is 0 Å². The van der Waals surface area contributed by atoms with Crippen LogP contribution in [-0.4, -0.2) is 69.0 Å². The Morgan fingerprint density at radius 3 is 2.32 bits per heavy atom. The number of likely N-dealkylation sites (N-methyl/N-ethyl adjacent to an activating group) is 1. The molecule has 0 saturated heterocycles. The van der Waals surface area contributed by atoms with Gasteiger partial charge in [0.1, 0.15) is 11.8 Å². The van der Waals surface area contributed by atoms with Crippen molar-refractivity contribution in [2.45, 2.75) is 19.9 Å². The Labute approximate surface area is 164 Å². The standard InChI is InChI=1S/C19H27N3O6/c1-12(2)17(21-18(25)13-8-6-7-9-14(13)27-5)19(26)28-11-15(23)20-10-16(24)22(3)4/h6-9,12,17H,10-11H2,1-5H3,(H,20,23)(H,21,25)/t17-/m0/s1. The molecule has 0 spiro atoms. The van der Waals surface area contributed by atoms with Gasteiger partial charge in [-0.2, -0.15) is 0 Å². The number of nitrogens with one attached hydrogen (secondary N) is 2. The van der Waals surface area contributed by atoms with Gasteiger partial charge in [0.15, 0.2) is 6.61 Å². The number of carbonyl (C=O) groups is 4. The highest BCUT2D eigenvalue weighted by atomic mass is 16.5. The van der Waals surface area contributed by atoms with Gasteiger partial charge in [-0.05, 0) is 18.1 Å². The molecule has 0 aromatic heterocycles. The van der Waals surface area contributed by atoms with Crippen molar-refractivity contribution in [2.75, 3.05) is 34.4 Å². The molecule has 0 unspecified atom stereocenters. The van der Waals surface area contributed by atoms with Crippen LogP contribution < -0.4 is 15.4 Å². The van der Waals surface area contributed by atoms with Crippen LogP contribution in [0.3, 0.4) is 0 Å². The van der Waals surface area contributed by atoms with Crippen molar-refractivity contribution in [1.82, 2.24) is 15.5 Å². The van der Waals surface area contributed by atoms with Crippen LogP contribution in [0, 0.1) is 5.92 Å². The third kappa shape index (κ3) is 6.90. The fraction of sp³-hybridized carbons (Fsp3) is 0.474. The highest BCUT2D eigenvalue weighted by molar-refractivity contribution is 5.99. The Morgan fingerprint density at radius 2 is 1.75 bits per heavy atom. The first-order valence-corrected chi connectivity index (χ1v) is 8.74. The molecule has 9 heteroatoms. The summed E-state index contributed by atoms with van der Waals surface area (Å²) in [6.07, 6.45) is 0. The third-order valence-electron chi connectivity index (χ3n) is 3.84. The van der Waals surface area contributed by atoms with Gasteiger partial charge < -0.3 is 25.0 Å². The number of rotatable bonds is 9. The Bertz CT molecular complexity index is 717. The van der Waals surface area contributed by atoms with E-state index in [9.17, 15) is 19.2 Å². The van der Waals surface area contributed by atoms with Gasteiger partial charge in [0.2, 0.25) is 5.91 Å². The number of hydrogen-bond acceptors (Lipinski definition) is 6. The van der Waals surface area contributed by atoms with Crippen molar-refractivity contribution in [2.24, 2.45) is 5.92 Å². The molecule has 0 aliphatic carbocycles. The van der Waals surface area contributed by atoms with Gasteiger partial charge in [-0.1, -0.05) is 26.0 Å². The Morgan fingerprint density at radius 1 is 1.11 bits per heavy atom. The molecule has 0 fully saturated rings. The van der Waals surface area contributed by atoms with E-state index in [1.54, 1.807) is 52.2 Å². The first-order valence-electron chi connectivity index (χ1n) is 8.74. The minimum atomic E-state index is -0.950. The van der Waals surface area contributed by atoms with E-state index in [0.29, 0.717) is 5.75 Å². The number of hydrogen-bond donors (Lipinski definition) is 2. The van der Waals surface area contributed by atoms with Crippen LogP contribution in [0.15, 0.2) is 24.3 Å². The number of benzene rings is 1. The normalized spacial score (nSPS) is 11.4. The first-order chi connectivity index (χ1) is 13.2. The van der Waals surface area contributed by atoms with Crippen molar-refractivity contribution >= 4 is 23.7 Å². The maximum atomic E-state index is 12.5. The monoisotopic (exact) mass is 393 g/mol. The maximum Gasteiger partial charge on any atom is 0.329 e. The lowest BCUT2D eigenvalue weighted by atomic mass is 10.0. The maximum absolute atomic E-state index is 12.5. The lowest BCUT2D eigenvalue weighted by molar-refractivity contribution is -0.151. The zero-order chi connectivity index (χ0) is 21.3. The fourth-order valence-corrected chi connectivity index (χ4v) is 2.16. The molecular formula is C19H27N3O6. The van der Waals surface area contributed by atoms with Gasteiger partial charge in [0.25, 0.3) is 11.8 Å².